The van der Waals surface area contributed by atoms with Gasteiger partial charge in [-0.05, 0) is 68.3 Å². The zero-order valence-electron chi connectivity index (χ0n) is 23.0. The normalized spacial score (nSPS) is 11.7. The van der Waals surface area contributed by atoms with Gasteiger partial charge in [0.15, 0.2) is 0 Å². The summed E-state index contributed by atoms with van der Waals surface area (Å²) in [6.07, 6.45) is 0. The first-order valence-corrected chi connectivity index (χ1v) is 15.2. The van der Waals surface area contributed by atoms with Gasteiger partial charge in [0.05, 0.1) is 11.4 Å². The number of hydrogen-bond donors (Lipinski definition) is 0. The summed E-state index contributed by atoms with van der Waals surface area (Å²) >= 11 is 0. The number of azo groups is 1. The molecule has 0 amide bonds. The number of nitrogens with zero attached hydrogens (tertiary/aromatic N) is 3. The molecule has 0 atom stereocenters. The van der Waals surface area contributed by atoms with Crippen molar-refractivity contribution in [1.29, 1.82) is 0 Å². The molecular formula is C32H37N3O3Si. The molecule has 4 aromatic rings. The van der Waals surface area contributed by atoms with Crippen LogP contribution in [-0.2, 0) is 26.4 Å². The first-order valence-electron chi connectivity index (χ1n) is 13.5. The van der Waals surface area contributed by atoms with Crippen LogP contribution in [0.5, 0.6) is 0 Å². The van der Waals surface area contributed by atoms with Gasteiger partial charge in [0.1, 0.15) is 0 Å². The monoisotopic (exact) mass is 539 g/mol. The van der Waals surface area contributed by atoms with Crippen LogP contribution in [0.25, 0.3) is 0 Å². The van der Waals surface area contributed by atoms with Gasteiger partial charge in [-0.15, -0.1) is 0 Å². The molecule has 39 heavy (non-hydrogen) atoms. The third-order valence-electron chi connectivity index (χ3n) is 6.15. The molecule has 0 bridgehead atoms. The lowest BCUT2D eigenvalue weighted by Crippen LogP contribution is -2.56. The van der Waals surface area contributed by atoms with E-state index >= 15 is 0 Å². The highest BCUT2D eigenvalue weighted by molar-refractivity contribution is 6.75. The Morgan fingerprint density at radius 1 is 0.538 bits per heavy atom. The summed E-state index contributed by atoms with van der Waals surface area (Å²) in [5.41, 5.74) is 5.22. The molecule has 0 radical (unpaired) electrons. The van der Waals surface area contributed by atoms with Crippen molar-refractivity contribution in [2.24, 2.45) is 10.2 Å². The maximum absolute atomic E-state index is 6.01. The molecule has 0 aliphatic rings. The number of hydrogen-bond acceptors (Lipinski definition) is 6. The van der Waals surface area contributed by atoms with E-state index in [1.54, 1.807) is 0 Å². The van der Waals surface area contributed by atoms with Crippen molar-refractivity contribution in [3.05, 3.63) is 120 Å². The fraction of sp³-hybridized carbons (Fsp3) is 0.250. The number of benzene rings is 4. The minimum absolute atomic E-state index is 0.526. The van der Waals surface area contributed by atoms with Crippen molar-refractivity contribution in [1.82, 2.24) is 0 Å². The minimum Gasteiger partial charge on any atom is -0.370 e. The summed E-state index contributed by atoms with van der Waals surface area (Å²) in [4.78, 5) is 2.37. The van der Waals surface area contributed by atoms with Crippen LogP contribution in [0, 0.1) is 0 Å². The lowest BCUT2D eigenvalue weighted by Gasteiger charge is -2.28. The van der Waals surface area contributed by atoms with Gasteiger partial charge >= 0.3 is 8.80 Å². The summed E-state index contributed by atoms with van der Waals surface area (Å²) in [7, 11) is -2.93. The maximum atomic E-state index is 6.01. The molecule has 6 nitrogen and oxygen atoms in total. The van der Waals surface area contributed by atoms with E-state index in [9.17, 15) is 0 Å². The molecule has 202 valence electrons. The molecule has 7 heteroatoms. The van der Waals surface area contributed by atoms with Gasteiger partial charge in [0.2, 0.25) is 0 Å². The molecule has 4 aromatic carbocycles. The fourth-order valence-corrected chi connectivity index (χ4v) is 6.83. The van der Waals surface area contributed by atoms with E-state index in [0.717, 1.165) is 35.3 Å². The largest absolute Gasteiger partial charge is 0.537 e. The Labute approximate surface area is 233 Å². The molecule has 0 aliphatic heterocycles. The summed E-state index contributed by atoms with van der Waals surface area (Å²) in [5, 5.41) is 9.85. The van der Waals surface area contributed by atoms with Crippen LogP contribution in [0.3, 0.4) is 0 Å². The van der Waals surface area contributed by atoms with Crippen molar-refractivity contribution >= 4 is 31.1 Å². The third-order valence-corrected chi connectivity index (χ3v) is 9.20. The fourth-order valence-electron chi connectivity index (χ4n) is 4.37. The molecule has 0 unspecified atom stereocenters. The Bertz CT molecular complexity index is 1230. The van der Waals surface area contributed by atoms with Gasteiger partial charge in [0.25, 0.3) is 0 Å². The lowest BCUT2D eigenvalue weighted by molar-refractivity contribution is 0.0859. The average Bonchev–Trinajstić information content (AvgIpc) is 2.98. The highest BCUT2D eigenvalue weighted by Crippen LogP contribution is 2.25. The van der Waals surface area contributed by atoms with Crippen LogP contribution >= 0.6 is 0 Å². The highest BCUT2D eigenvalue weighted by atomic mass is 28.4. The Morgan fingerprint density at radius 2 is 0.949 bits per heavy atom. The summed E-state index contributed by atoms with van der Waals surface area (Å²) in [6, 6.07) is 37.1. The van der Waals surface area contributed by atoms with Crippen LogP contribution in [0.15, 0.2) is 119 Å². The maximum Gasteiger partial charge on any atom is 0.537 e. The first-order chi connectivity index (χ1) is 19.2. The summed E-state index contributed by atoms with van der Waals surface area (Å²) in [5.74, 6) is 0. The van der Waals surface area contributed by atoms with Crippen molar-refractivity contribution in [2.75, 3.05) is 24.7 Å². The smallest absolute Gasteiger partial charge is 0.370 e. The van der Waals surface area contributed by atoms with E-state index in [-0.39, 0.29) is 0 Å². The number of anilines is 1. The standard InChI is InChI=1S/C32H37N3O3Si/c1-4-36-39(37-5-2,38-6-3)32-23-19-30(20-24-32)34-33-29-17-21-31(22-18-29)35(25-27-13-9-7-10-14-27)26-28-15-11-8-12-16-28/h7-24H,4-6,25-26H2,1-3H3. The predicted molar refractivity (Wildman–Crippen MR) is 160 cm³/mol. The minimum atomic E-state index is -2.93. The lowest BCUT2D eigenvalue weighted by atomic mass is 10.1. The average molecular weight is 540 g/mol. The predicted octanol–water partition coefficient (Wildman–Crippen LogP) is 7.56. The molecule has 0 N–H and O–H groups in total. The van der Waals surface area contributed by atoms with Crippen molar-refractivity contribution < 1.29 is 13.3 Å². The van der Waals surface area contributed by atoms with Crippen molar-refractivity contribution in [2.45, 2.75) is 33.9 Å². The number of rotatable bonds is 14. The second-order valence-corrected chi connectivity index (χ2v) is 11.5. The van der Waals surface area contributed by atoms with Gasteiger partial charge in [-0.25, -0.2) is 0 Å². The molecule has 0 heterocycles. The quantitative estimate of drug-likeness (QED) is 0.123. The highest BCUT2D eigenvalue weighted by Gasteiger charge is 2.43. The molecule has 0 saturated heterocycles. The van der Waals surface area contributed by atoms with Crippen molar-refractivity contribution in [3.8, 4) is 0 Å². The Morgan fingerprint density at radius 3 is 1.36 bits per heavy atom. The molecule has 0 spiro atoms. The Kier molecular flexibility index (Phi) is 10.6. The van der Waals surface area contributed by atoms with E-state index in [0.29, 0.717) is 19.8 Å². The Balaban J connectivity index is 1.48. The van der Waals surface area contributed by atoms with Crippen LogP contribution in [0.1, 0.15) is 31.9 Å². The van der Waals surface area contributed by atoms with Gasteiger partial charge < -0.3 is 18.2 Å². The first kappa shape index (κ1) is 28.4. The summed E-state index contributed by atoms with van der Waals surface area (Å²) in [6.45, 7) is 9.08. The van der Waals surface area contributed by atoms with Gasteiger partial charge in [-0.3, -0.25) is 0 Å². The second-order valence-electron chi connectivity index (χ2n) is 8.95. The van der Waals surface area contributed by atoms with Gasteiger partial charge in [-0.2, -0.15) is 10.2 Å². The Hall–Kier alpha value is -3.62. The molecule has 4 rings (SSSR count). The zero-order chi connectivity index (χ0) is 27.3. The van der Waals surface area contributed by atoms with E-state index in [2.05, 4.69) is 75.8 Å². The molecule has 0 fully saturated rings. The molecule has 0 aromatic heterocycles. The van der Waals surface area contributed by atoms with Crippen LogP contribution in [-0.4, -0.2) is 28.6 Å². The topological polar surface area (TPSA) is 55.6 Å². The summed E-state index contributed by atoms with van der Waals surface area (Å²) < 4.78 is 18.0. The third kappa shape index (κ3) is 7.94. The van der Waals surface area contributed by atoms with E-state index in [1.807, 2.05) is 69.3 Å². The molecular weight excluding hydrogens is 502 g/mol. The van der Waals surface area contributed by atoms with Gasteiger partial charge in [0, 0.05) is 43.8 Å². The zero-order valence-corrected chi connectivity index (χ0v) is 24.0. The van der Waals surface area contributed by atoms with E-state index in [4.69, 9.17) is 13.3 Å². The van der Waals surface area contributed by atoms with Crippen LogP contribution < -0.4 is 10.1 Å². The SMILES string of the molecule is CCO[Si](OCC)(OCC)c1ccc(N=Nc2ccc(N(Cc3ccccc3)Cc3ccccc3)cc2)cc1. The molecule has 0 saturated carbocycles. The van der Waals surface area contributed by atoms with E-state index < -0.39 is 8.80 Å². The van der Waals surface area contributed by atoms with Crippen molar-refractivity contribution in [3.63, 3.8) is 0 Å². The molecule has 0 aliphatic carbocycles. The second kappa shape index (κ2) is 14.5. The van der Waals surface area contributed by atoms with Crippen LogP contribution in [0.4, 0.5) is 17.1 Å². The van der Waals surface area contributed by atoms with Crippen LogP contribution in [0.2, 0.25) is 0 Å². The van der Waals surface area contributed by atoms with E-state index in [1.165, 1.54) is 11.1 Å². The van der Waals surface area contributed by atoms with Gasteiger partial charge in [-0.1, -0.05) is 72.8 Å².